The van der Waals surface area contributed by atoms with Crippen LogP contribution in [0.3, 0.4) is 0 Å². The maximum absolute atomic E-state index is 5.49. The number of nitrogens with one attached hydrogen (secondary N) is 1. The molecule has 0 saturated carbocycles. The zero-order valence-electron chi connectivity index (χ0n) is 8.92. The van der Waals surface area contributed by atoms with Crippen LogP contribution < -0.4 is 5.32 Å². The predicted octanol–water partition coefficient (Wildman–Crippen LogP) is 1.42. The molecule has 1 fully saturated rings. The van der Waals surface area contributed by atoms with Crippen LogP contribution in [0, 0.1) is 0 Å². The van der Waals surface area contributed by atoms with Crippen LogP contribution in [0.15, 0.2) is 22.8 Å². The Balaban J connectivity index is 2.14. The van der Waals surface area contributed by atoms with Gasteiger partial charge >= 0.3 is 0 Å². The van der Waals surface area contributed by atoms with Crippen molar-refractivity contribution in [3.05, 3.63) is 24.2 Å². The molecule has 0 aromatic carbocycles. The van der Waals surface area contributed by atoms with E-state index in [9.17, 15) is 0 Å². The fraction of sp³-hybridized carbons (Fsp3) is 0.636. The molecule has 14 heavy (non-hydrogen) atoms. The van der Waals surface area contributed by atoms with Gasteiger partial charge in [-0.15, -0.1) is 0 Å². The molecule has 0 bridgehead atoms. The average Bonchev–Trinajstić information content (AvgIpc) is 2.72. The first kappa shape index (κ1) is 9.74. The molecule has 0 unspecified atom stereocenters. The van der Waals surface area contributed by atoms with E-state index in [4.69, 9.17) is 4.42 Å². The number of rotatable bonds is 2. The third kappa shape index (κ3) is 1.70. The summed E-state index contributed by atoms with van der Waals surface area (Å²) in [7, 11) is 0. The average molecular weight is 194 g/mol. The highest BCUT2D eigenvalue weighted by molar-refractivity contribution is 5.10. The fourth-order valence-electron chi connectivity index (χ4n) is 2.01. The lowest BCUT2D eigenvalue weighted by molar-refractivity contribution is 0.0825. The van der Waals surface area contributed by atoms with Crippen molar-refractivity contribution in [3.63, 3.8) is 0 Å². The number of hydrogen-bond donors (Lipinski definition) is 1. The van der Waals surface area contributed by atoms with E-state index in [0.717, 1.165) is 31.9 Å². The zero-order chi connectivity index (χ0) is 10.0. The van der Waals surface area contributed by atoms with Crippen molar-refractivity contribution in [1.82, 2.24) is 10.2 Å². The van der Waals surface area contributed by atoms with Crippen LogP contribution in [0.5, 0.6) is 0 Å². The van der Waals surface area contributed by atoms with E-state index in [2.05, 4.69) is 30.1 Å². The molecule has 0 amide bonds. The largest absolute Gasteiger partial charge is 0.467 e. The molecule has 0 aliphatic carbocycles. The first-order chi connectivity index (χ1) is 6.71. The summed E-state index contributed by atoms with van der Waals surface area (Å²) < 4.78 is 5.49. The van der Waals surface area contributed by atoms with E-state index < -0.39 is 0 Å². The van der Waals surface area contributed by atoms with Crippen LogP contribution >= 0.6 is 0 Å². The Hall–Kier alpha value is -0.800. The molecule has 2 heterocycles. The van der Waals surface area contributed by atoms with E-state index >= 15 is 0 Å². The second-order valence-corrected chi connectivity index (χ2v) is 4.27. The molecular weight excluding hydrogens is 176 g/mol. The van der Waals surface area contributed by atoms with Gasteiger partial charge in [-0.05, 0) is 26.0 Å². The van der Waals surface area contributed by atoms with Crippen LogP contribution in [0.2, 0.25) is 0 Å². The van der Waals surface area contributed by atoms with Crippen molar-refractivity contribution in [3.8, 4) is 0 Å². The predicted molar refractivity (Wildman–Crippen MR) is 56.2 cm³/mol. The number of nitrogens with zero attached hydrogens (tertiary/aromatic N) is 1. The minimum Gasteiger partial charge on any atom is -0.467 e. The minimum atomic E-state index is 0.0194. The van der Waals surface area contributed by atoms with Gasteiger partial charge in [-0.25, -0.2) is 0 Å². The molecule has 1 aliphatic heterocycles. The maximum atomic E-state index is 5.49. The Morgan fingerprint density at radius 2 is 2.07 bits per heavy atom. The van der Waals surface area contributed by atoms with Gasteiger partial charge in [0.15, 0.2) is 0 Å². The first-order valence-corrected chi connectivity index (χ1v) is 5.21. The Labute approximate surface area is 85.1 Å². The van der Waals surface area contributed by atoms with Crippen molar-refractivity contribution < 1.29 is 4.42 Å². The Kier molecular flexibility index (Phi) is 2.61. The van der Waals surface area contributed by atoms with Crippen molar-refractivity contribution in [2.75, 3.05) is 26.2 Å². The van der Waals surface area contributed by atoms with Crippen LogP contribution in [0.25, 0.3) is 0 Å². The van der Waals surface area contributed by atoms with E-state index in [0.29, 0.717) is 0 Å². The molecule has 3 heteroatoms. The molecule has 1 aliphatic rings. The van der Waals surface area contributed by atoms with E-state index in [1.54, 1.807) is 6.26 Å². The molecular formula is C11H18N2O. The van der Waals surface area contributed by atoms with E-state index in [1.165, 1.54) is 0 Å². The van der Waals surface area contributed by atoms with E-state index in [-0.39, 0.29) is 5.54 Å². The lowest BCUT2D eigenvalue weighted by atomic mass is 9.98. The topological polar surface area (TPSA) is 28.4 Å². The van der Waals surface area contributed by atoms with E-state index in [1.807, 2.05) is 6.07 Å². The van der Waals surface area contributed by atoms with Crippen molar-refractivity contribution in [2.45, 2.75) is 19.4 Å². The molecule has 0 atom stereocenters. The van der Waals surface area contributed by atoms with Gasteiger partial charge < -0.3 is 9.73 Å². The number of furan rings is 1. The van der Waals surface area contributed by atoms with Crippen LogP contribution in [-0.4, -0.2) is 31.1 Å². The summed E-state index contributed by atoms with van der Waals surface area (Å²) in [6.07, 6.45) is 1.75. The molecule has 3 nitrogen and oxygen atoms in total. The van der Waals surface area contributed by atoms with Crippen molar-refractivity contribution >= 4 is 0 Å². The molecule has 0 radical (unpaired) electrons. The Morgan fingerprint density at radius 1 is 1.36 bits per heavy atom. The highest BCUT2D eigenvalue weighted by Crippen LogP contribution is 2.27. The molecule has 78 valence electrons. The number of hydrogen-bond acceptors (Lipinski definition) is 3. The summed E-state index contributed by atoms with van der Waals surface area (Å²) in [5, 5.41) is 3.36. The van der Waals surface area contributed by atoms with Crippen LogP contribution in [0.4, 0.5) is 0 Å². The quantitative estimate of drug-likeness (QED) is 0.772. The third-order valence-electron chi connectivity index (χ3n) is 3.03. The smallest absolute Gasteiger partial charge is 0.123 e. The molecule has 1 aromatic heterocycles. The second-order valence-electron chi connectivity index (χ2n) is 4.27. The summed E-state index contributed by atoms with van der Waals surface area (Å²) in [6, 6.07) is 4.02. The summed E-state index contributed by atoms with van der Waals surface area (Å²) in [4.78, 5) is 2.46. The SMILES string of the molecule is CC(C)(c1ccco1)N1CCNCC1. The molecule has 1 N–H and O–H groups in total. The third-order valence-corrected chi connectivity index (χ3v) is 3.03. The minimum absolute atomic E-state index is 0.0194. The molecule has 1 aromatic rings. The number of piperazine rings is 1. The lowest BCUT2D eigenvalue weighted by Gasteiger charge is -2.39. The molecule has 2 rings (SSSR count). The zero-order valence-corrected chi connectivity index (χ0v) is 8.92. The van der Waals surface area contributed by atoms with Gasteiger partial charge in [-0.1, -0.05) is 0 Å². The van der Waals surface area contributed by atoms with Gasteiger partial charge in [0.2, 0.25) is 0 Å². The summed E-state index contributed by atoms with van der Waals surface area (Å²) >= 11 is 0. The van der Waals surface area contributed by atoms with Gasteiger partial charge in [-0.3, -0.25) is 4.90 Å². The summed E-state index contributed by atoms with van der Waals surface area (Å²) in [5.41, 5.74) is 0.0194. The normalized spacial score (nSPS) is 19.9. The molecule has 1 saturated heterocycles. The van der Waals surface area contributed by atoms with Crippen LogP contribution in [0.1, 0.15) is 19.6 Å². The maximum Gasteiger partial charge on any atom is 0.123 e. The summed E-state index contributed by atoms with van der Waals surface area (Å²) in [5.74, 6) is 1.06. The highest BCUT2D eigenvalue weighted by Gasteiger charge is 2.31. The second kappa shape index (κ2) is 3.75. The Bertz CT molecular complexity index is 273. The molecule has 0 spiro atoms. The van der Waals surface area contributed by atoms with Crippen molar-refractivity contribution in [2.24, 2.45) is 0 Å². The Morgan fingerprint density at radius 3 is 2.64 bits per heavy atom. The lowest BCUT2D eigenvalue weighted by Crippen LogP contribution is -2.51. The van der Waals surface area contributed by atoms with Gasteiger partial charge in [0, 0.05) is 26.2 Å². The first-order valence-electron chi connectivity index (χ1n) is 5.21. The van der Waals surface area contributed by atoms with Gasteiger partial charge in [-0.2, -0.15) is 0 Å². The monoisotopic (exact) mass is 194 g/mol. The van der Waals surface area contributed by atoms with Crippen molar-refractivity contribution in [1.29, 1.82) is 0 Å². The van der Waals surface area contributed by atoms with Gasteiger partial charge in [0.1, 0.15) is 5.76 Å². The summed E-state index contributed by atoms with van der Waals surface area (Å²) in [6.45, 7) is 8.77. The van der Waals surface area contributed by atoms with Gasteiger partial charge in [0.25, 0.3) is 0 Å². The standard InChI is InChI=1S/C11H18N2O/c1-11(2,10-4-3-9-14-10)13-7-5-12-6-8-13/h3-4,9,12H,5-8H2,1-2H3. The fourth-order valence-corrected chi connectivity index (χ4v) is 2.01. The highest BCUT2D eigenvalue weighted by atomic mass is 16.3. The van der Waals surface area contributed by atoms with Gasteiger partial charge in [0.05, 0.1) is 11.8 Å². The van der Waals surface area contributed by atoms with Crippen LogP contribution in [-0.2, 0) is 5.54 Å².